The van der Waals surface area contributed by atoms with Crippen LogP contribution in [0.2, 0.25) is 5.02 Å². The maximum atomic E-state index is 12.8. The molecule has 25 heavy (non-hydrogen) atoms. The Morgan fingerprint density at radius 2 is 2.04 bits per heavy atom. The third kappa shape index (κ3) is 3.09. The zero-order chi connectivity index (χ0) is 18.3. The van der Waals surface area contributed by atoms with Crippen molar-refractivity contribution in [2.75, 3.05) is 13.6 Å². The molecule has 8 nitrogen and oxygen atoms in total. The number of halogens is 2. The normalized spacial score (nSPS) is 23.0. The van der Waals surface area contributed by atoms with Crippen molar-refractivity contribution in [3.63, 3.8) is 0 Å². The molecule has 0 saturated carbocycles. The molecule has 2 N–H and O–H groups in total. The van der Waals surface area contributed by atoms with Crippen LogP contribution in [0, 0.1) is 0 Å². The van der Waals surface area contributed by atoms with E-state index in [1.54, 1.807) is 11.0 Å². The number of hydrogen-bond donors (Lipinski definition) is 1. The van der Waals surface area contributed by atoms with E-state index in [1.165, 1.54) is 11.9 Å². The van der Waals surface area contributed by atoms with Gasteiger partial charge in [-0.05, 0) is 27.6 Å². The van der Waals surface area contributed by atoms with Gasteiger partial charge in [0, 0.05) is 18.6 Å². The maximum Gasteiger partial charge on any atom is 0.328 e. The van der Waals surface area contributed by atoms with Crippen molar-refractivity contribution >= 4 is 50.1 Å². The van der Waals surface area contributed by atoms with Gasteiger partial charge in [0.05, 0.1) is 0 Å². The number of primary amides is 1. The van der Waals surface area contributed by atoms with Gasteiger partial charge in [-0.25, -0.2) is 9.79 Å². The largest absolute Gasteiger partial charge is 0.368 e. The monoisotopic (exact) mass is 427 g/mol. The quantitative estimate of drug-likeness (QED) is 0.723. The molecule has 0 spiro atoms. The Balaban J connectivity index is 1.93. The Bertz CT molecular complexity index is 786. The summed E-state index contributed by atoms with van der Waals surface area (Å²) in [6.07, 6.45) is -0.680. The number of rotatable bonds is 4. The van der Waals surface area contributed by atoms with Crippen molar-refractivity contribution in [3.8, 4) is 0 Å². The molecule has 3 rings (SSSR count). The molecule has 1 aromatic rings. The number of nitrogens with two attached hydrogens (primary N) is 1. The van der Waals surface area contributed by atoms with Crippen molar-refractivity contribution in [2.45, 2.75) is 18.8 Å². The van der Waals surface area contributed by atoms with Crippen LogP contribution in [0.15, 0.2) is 29.3 Å². The molecule has 10 heteroatoms. The lowest BCUT2D eigenvalue weighted by molar-refractivity contribution is -0.140. The van der Waals surface area contributed by atoms with Crippen LogP contribution in [0.25, 0.3) is 0 Å². The summed E-state index contributed by atoms with van der Waals surface area (Å²) in [5.41, 5.74) is 5.97. The van der Waals surface area contributed by atoms with Crippen LogP contribution in [0.5, 0.6) is 0 Å². The highest BCUT2D eigenvalue weighted by Gasteiger charge is 2.51. The Labute approximate surface area is 157 Å². The van der Waals surface area contributed by atoms with Gasteiger partial charge in [-0.3, -0.25) is 14.5 Å². The predicted molar refractivity (Wildman–Crippen MR) is 95.0 cm³/mol. The van der Waals surface area contributed by atoms with E-state index >= 15 is 0 Å². The lowest BCUT2D eigenvalue weighted by Crippen LogP contribution is -2.65. The molecular formula is C15H15BrClN5O3. The molecule has 132 valence electrons. The highest BCUT2D eigenvalue weighted by atomic mass is 79.9. The van der Waals surface area contributed by atoms with Crippen LogP contribution in [-0.4, -0.2) is 63.1 Å². The minimum absolute atomic E-state index is 0.323. The molecule has 1 saturated heterocycles. The van der Waals surface area contributed by atoms with Crippen LogP contribution in [-0.2, 0) is 16.1 Å². The van der Waals surface area contributed by atoms with Gasteiger partial charge in [-0.15, -0.1) is 0 Å². The van der Waals surface area contributed by atoms with E-state index < -0.39 is 36.6 Å². The lowest BCUT2D eigenvalue weighted by Gasteiger charge is -2.40. The first-order chi connectivity index (χ1) is 11.8. The van der Waals surface area contributed by atoms with Gasteiger partial charge < -0.3 is 15.5 Å². The summed E-state index contributed by atoms with van der Waals surface area (Å²) in [5.74, 6) is -1.28. The number of likely N-dealkylation sites (N-methyl/N-ethyl adjacent to an activating group) is 1. The first-order valence-corrected chi connectivity index (χ1v) is 8.58. The van der Waals surface area contributed by atoms with E-state index in [0.29, 0.717) is 16.3 Å². The van der Waals surface area contributed by atoms with E-state index in [2.05, 4.69) is 20.9 Å². The molecule has 2 aliphatic rings. The van der Waals surface area contributed by atoms with Gasteiger partial charge in [0.15, 0.2) is 17.0 Å². The molecule has 2 heterocycles. The smallest absolute Gasteiger partial charge is 0.328 e. The van der Waals surface area contributed by atoms with Crippen molar-refractivity contribution in [1.29, 1.82) is 0 Å². The number of hydrogen-bond acceptors (Lipinski definition) is 5. The molecular weight excluding hydrogens is 414 g/mol. The first-order valence-electron chi connectivity index (χ1n) is 7.41. The molecule has 0 radical (unpaired) electrons. The SMILES string of the molecule is CN1C(=O)N(CC(N)=O)C(=O)C2C1N=C(Br)N2Cc1ccccc1Cl. The van der Waals surface area contributed by atoms with Crippen molar-refractivity contribution < 1.29 is 14.4 Å². The molecule has 0 bridgehead atoms. The van der Waals surface area contributed by atoms with E-state index in [0.717, 1.165) is 10.5 Å². The van der Waals surface area contributed by atoms with Gasteiger partial charge in [0.25, 0.3) is 5.91 Å². The minimum atomic E-state index is -0.760. The van der Waals surface area contributed by atoms with Crippen LogP contribution >= 0.6 is 27.5 Å². The Kier molecular flexibility index (Phi) is 4.70. The van der Waals surface area contributed by atoms with E-state index in [4.69, 9.17) is 17.3 Å². The number of nitrogens with zero attached hydrogens (tertiary/aromatic N) is 4. The molecule has 0 aliphatic carbocycles. The summed E-state index contributed by atoms with van der Waals surface area (Å²) in [7, 11) is 1.53. The number of urea groups is 1. The number of imide groups is 1. The molecule has 1 fully saturated rings. The number of fused-ring (bicyclic) bond motifs is 1. The number of amidine groups is 1. The molecule has 2 aliphatic heterocycles. The summed E-state index contributed by atoms with van der Waals surface area (Å²) < 4.78 is 0.441. The van der Waals surface area contributed by atoms with Crippen LogP contribution in [0.3, 0.4) is 0 Å². The van der Waals surface area contributed by atoms with E-state index in [-0.39, 0.29) is 0 Å². The van der Waals surface area contributed by atoms with E-state index in [1.807, 2.05) is 18.2 Å². The average Bonchev–Trinajstić information content (AvgIpc) is 2.88. The predicted octanol–water partition coefficient (Wildman–Crippen LogP) is 0.981. The zero-order valence-corrected chi connectivity index (χ0v) is 15.6. The third-order valence-corrected chi connectivity index (χ3v) is 5.18. The van der Waals surface area contributed by atoms with Crippen LogP contribution in [0.4, 0.5) is 4.79 Å². The maximum absolute atomic E-state index is 12.8. The summed E-state index contributed by atoms with van der Waals surface area (Å²) in [6, 6.07) is 5.90. The number of amides is 4. The average molecular weight is 429 g/mol. The van der Waals surface area contributed by atoms with Gasteiger partial charge in [0.1, 0.15) is 6.54 Å². The molecule has 0 aromatic heterocycles. The number of aliphatic imine (C=N–C) groups is 1. The Morgan fingerprint density at radius 1 is 1.36 bits per heavy atom. The Morgan fingerprint density at radius 3 is 2.68 bits per heavy atom. The van der Waals surface area contributed by atoms with Crippen molar-refractivity contribution in [2.24, 2.45) is 10.7 Å². The highest BCUT2D eigenvalue weighted by molar-refractivity contribution is 9.18. The lowest BCUT2D eigenvalue weighted by atomic mass is 10.1. The summed E-state index contributed by atoms with van der Waals surface area (Å²) in [6.45, 7) is -0.147. The second-order valence-corrected chi connectivity index (χ2v) is 6.88. The minimum Gasteiger partial charge on any atom is -0.368 e. The van der Waals surface area contributed by atoms with Gasteiger partial charge in [-0.2, -0.15) is 0 Å². The molecule has 4 amide bonds. The zero-order valence-electron chi connectivity index (χ0n) is 13.2. The van der Waals surface area contributed by atoms with Gasteiger partial charge in [0.2, 0.25) is 5.91 Å². The molecule has 2 unspecified atom stereocenters. The fourth-order valence-corrected chi connectivity index (χ4v) is 3.67. The number of carbonyl (C=O) groups excluding carboxylic acids is 3. The topological polar surface area (TPSA) is 99.3 Å². The van der Waals surface area contributed by atoms with Gasteiger partial charge in [-0.1, -0.05) is 29.8 Å². The molecule has 1 aromatic carbocycles. The highest BCUT2D eigenvalue weighted by Crippen LogP contribution is 2.31. The summed E-state index contributed by atoms with van der Waals surface area (Å²) >= 11 is 9.56. The second-order valence-electron chi connectivity index (χ2n) is 5.76. The van der Waals surface area contributed by atoms with Crippen molar-refractivity contribution in [1.82, 2.24) is 14.7 Å². The first kappa shape index (κ1) is 17.7. The summed E-state index contributed by atoms with van der Waals surface area (Å²) in [5, 5.41) is 0.563. The second kappa shape index (κ2) is 6.64. The summed E-state index contributed by atoms with van der Waals surface area (Å²) in [4.78, 5) is 44.7. The van der Waals surface area contributed by atoms with E-state index in [9.17, 15) is 14.4 Å². The molecule has 2 atom stereocenters. The standard InChI is InChI=1S/C15H15BrClN5O3/c1-20-12-11(13(24)22(15(20)25)7-10(18)23)21(14(16)19-12)6-8-4-2-3-5-9(8)17/h2-5,11-12H,6-7H2,1H3,(H2,18,23). The third-order valence-electron chi connectivity index (χ3n) is 4.15. The number of benzene rings is 1. The Hall–Kier alpha value is -2.13. The van der Waals surface area contributed by atoms with Crippen LogP contribution in [0.1, 0.15) is 5.56 Å². The fourth-order valence-electron chi connectivity index (χ4n) is 2.92. The van der Waals surface area contributed by atoms with Crippen LogP contribution < -0.4 is 5.73 Å². The van der Waals surface area contributed by atoms with Crippen molar-refractivity contribution in [3.05, 3.63) is 34.9 Å². The van der Waals surface area contributed by atoms with Gasteiger partial charge >= 0.3 is 6.03 Å². The number of carbonyl (C=O) groups is 3. The fraction of sp³-hybridized carbons (Fsp3) is 0.333.